The van der Waals surface area contributed by atoms with E-state index in [-0.39, 0.29) is 12.4 Å². The number of nitrogens with two attached hydrogens (primary N) is 1. The Morgan fingerprint density at radius 2 is 1.77 bits per heavy atom. The van der Waals surface area contributed by atoms with Crippen LogP contribution in [-0.2, 0) is 7.05 Å². The number of pyridine rings is 1. The average Bonchev–Trinajstić information content (AvgIpc) is 3.14. The van der Waals surface area contributed by atoms with Crippen LogP contribution in [0.2, 0.25) is 0 Å². The van der Waals surface area contributed by atoms with Crippen LogP contribution in [0.5, 0.6) is 0 Å². The van der Waals surface area contributed by atoms with Crippen molar-refractivity contribution in [2.75, 3.05) is 29.0 Å². The van der Waals surface area contributed by atoms with E-state index in [1.54, 1.807) is 30.2 Å². The Hall–Kier alpha value is -4.15. The summed E-state index contributed by atoms with van der Waals surface area (Å²) in [6.45, 7) is 0.951. The number of nitrogens with zero attached hydrogens (tertiary/aromatic N) is 7. The average molecular weight is 476 g/mol. The molecule has 1 saturated heterocycles. The lowest BCUT2D eigenvalue weighted by Crippen LogP contribution is -2.23. The molecule has 1 aromatic carbocycles. The van der Waals surface area contributed by atoms with Crippen molar-refractivity contribution in [3.05, 3.63) is 54.9 Å². The van der Waals surface area contributed by atoms with Crippen LogP contribution < -0.4 is 16.0 Å². The number of aromatic nitrogens is 6. The van der Waals surface area contributed by atoms with Crippen molar-refractivity contribution < 1.29 is 8.78 Å². The molecule has 3 N–H and O–H groups in total. The van der Waals surface area contributed by atoms with Crippen LogP contribution in [-0.4, -0.2) is 48.7 Å². The number of benzene rings is 1. The van der Waals surface area contributed by atoms with Crippen LogP contribution in [0, 0.1) is 5.41 Å². The fourth-order valence-corrected chi connectivity index (χ4v) is 4.60. The minimum absolute atomic E-state index is 0.0137. The van der Waals surface area contributed by atoms with Gasteiger partial charge in [-0.25, -0.2) is 28.4 Å². The molecule has 3 aromatic heterocycles. The molecule has 0 bridgehead atoms. The maximum absolute atomic E-state index is 13.7. The minimum atomic E-state index is -2.53. The van der Waals surface area contributed by atoms with Gasteiger partial charge in [0.2, 0.25) is 11.9 Å². The van der Waals surface area contributed by atoms with E-state index in [2.05, 4.69) is 30.4 Å². The van der Waals surface area contributed by atoms with E-state index in [0.717, 1.165) is 22.5 Å². The molecule has 2 fully saturated rings. The van der Waals surface area contributed by atoms with Gasteiger partial charge in [0.15, 0.2) is 5.82 Å². The van der Waals surface area contributed by atoms with Gasteiger partial charge in [-0.05, 0) is 36.8 Å². The second kappa shape index (κ2) is 7.69. The van der Waals surface area contributed by atoms with Gasteiger partial charge >= 0.3 is 0 Å². The molecule has 4 aromatic rings. The summed E-state index contributed by atoms with van der Waals surface area (Å²) in [5.74, 6) is -0.511. The zero-order valence-electron chi connectivity index (χ0n) is 19.0. The SMILES string of the molecule is Cn1nc(-c2ccc(N3CC[C@@]4(C3)CC4(F)F)nc2)nc1Nc1ccc(-c2ccnc(N)n2)cc1. The fraction of sp³-hybridized carbons (Fsp3) is 0.292. The number of hydrogen-bond acceptors (Lipinski definition) is 8. The van der Waals surface area contributed by atoms with Gasteiger partial charge in [0.1, 0.15) is 5.82 Å². The van der Waals surface area contributed by atoms with Crippen LogP contribution in [0.15, 0.2) is 54.9 Å². The first-order valence-corrected chi connectivity index (χ1v) is 11.3. The molecular formula is C24H23F2N9. The lowest BCUT2D eigenvalue weighted by molar-refractivity contribution is 0.0711. The summed E-state index contributed by atoms with van der Waals surface area (Å²) < 4.78 is 29.0. The highest BCUT2D eigenvalue weighted by atomic mass is 19.3. The molecule has 0 amide bonds. The van der Waals surface area contributed by atoms with Gasteiger partial charge < -0.3 is 16.0 Å². The Kier molecular flexibility index (Phi) is 4.70. The highest BCUT2D eigenvalue weighted by molar-refractivity contribution is 5.66. The third-order valence-corrected chi connectivity index (χ3v) is 6.77. The molecule has 1 aliphatic heterocycles. The summed E-state index contributed by atoms with van der Waals surface area (Å²) in [6.07, 6.45) is 3.81. The van der Waals surface area contributed by atoms with Crippen LogP contribution in [0.1, 0.15) is 12.8 Å². The zero-order valence-corrected chi connectivity index (χ0v) is 19.0. The number of hydrogen-bond donors (Lipinski definition) is 2. The molecule has 1 aliphatic carbocycles. The van der Waals surface area contributed by atoms with Gasteiger partial charge in [-0.2, -0.15) is 4.98 Å². The van der Waals surface area contributed by atoms with E-state index in [0.29, 0.717) is 37.1 Å². The largest absolute Gasteiger partial charge is 0.368 e. The molecule has 9 nitrogen and oxygen atoms in total. The molecule has 1 atom stereocenters. The normalized spacial score (nSPS) is 20.4. The predicted octanol–water partition coefficient (Wildman–Crippen LogP) is 3.90. The topological polar surface area (TPSA) is 111 Å². The first-order chi connectivity index (χ1) is 16.8. The van der Waals surface area contributed by atoms with E-state index >= 15 is 0 Å². The lowest BCUT2D eigenvalue weighted by atomic mass is 10.1. The third-order valence-electron chi connectivity index (χ3n) is 6.77. The van der Waals surface area contributed by atoms with Gasteiger partial charge in [0.05, 0.1) is 11.1 Å². The Morgan fingerprint density at radius 3 is 2.43 bits per heavy atom. The third kappa shape index (κ3) is 3.82. The smallest absolute Gasteiger partial charge is 0.256 e. The van der Waals surface area contributed by atoms with Crippen molar-refractivity contribution in [3.8, 4) is 22.6 Å². The first kappa shape index (κ1) is 21.4. The van der Waals surface area contributed by atoms with Crippen LogP contribution >= 0.6 is 0 Å². The van der Waals surface area contributed by atoms with Crippen LogP contribution in [0.3, 0.4) is 0 Å². The van der Waals surface area contributed by atoms with Gasteiger partial charge in [-0.3, -0.25) is 0 Å². The van der Waals surface area contributed by atoms with Crippen molar-refractivity contribution in [1.29, 1.82) is 0 Å². The highest BCUT2D eigenvalue weighted by Crippen LogP contribution is 2.65. The zero-order chi connectivity index (χ0) is 24.2. The van der Waals surface area contributed by atoms with Crippen molar-refractivity contribution in [3.63, 3.8) is 0 Å². The Labute approximate surface area is 200 Å². The van der Waals surface area contributed by atoms with Crippen molar-refractivity contribution in [1.82, 2.24) is 29.7 Å². The standard InChI is InChI=1S/C24H23F2N9/c1-34-22(30-17-5-2-15(3-6-17)18-8-10-28-21(27)31-18)32-20(33-34)16-4-7-19(29-12-16)35-11-9-23(14-35)13-24(23,25)26/h2-8,10,12H,9,11,13-14H2,1H3,(H2,27,28,31)(H,30,32,33)/t23-/m0/s1. The highest BCUT2D eigenvalue weighted by Gasteiger charge is 2.72. The van der Waals surface area contributed by atoms with Gasteiger partial charge in [0.25, 0.3) is 5.92 Å². The predicted molar refractivity (Wildman–Crippen MR) is 128 cm³/mol. The van der Waals surface area contributed by atoms with Crippen LogP contribution in [0.25, 0.3) is 22.6 Å². The number of anilines is 4. The van der Waals surface area contributed by atoms with E-state index in [4.69, 9.17) is 5.73 Å². The second-order valence-corrected chi connectivity index (χ2v) is 9.12. The molecule has 0 unspecified atom stereocenters. The monoisotopic (exact) mass is 475 g/mol. The number of halogens is 2. The summed E-state index contributed by atoms with van der Waals surface area (Å²) >= 11 is 0. The molecular weight excluding hydrogens is 452 g/mol. The Morgan fingerprint density at radius 1 is 1.00 bits per heavy atom. The summed E-state index contributed by atoms with van der Waals surface area (Å²) in [4.78, 5) is 19.2. The molecule has 0 radical (unpaired) electrons. The summed E-state index contributed by atoms with van der Waals surface area (Å²) in [5, 5.41) is 7.76. The number of rotatable bonds is 5. The molecule has 4 heterocycles. The second-order valence-electron chi connectivity index (χ2n) is 9.12. The Bertz CT molecular complexity index is 1390. The van der Waals surface area contributed by atoms with E-state index in [1.165, 1.54) is 0 Å². The van der Waals surface area contributed by atoms with Crippen molar-refractivity contribution >= 4 is 23.4 Å². The quantitative estimate of drug-likeness (QED) is 0.447. The van der Waals surface area contributed by atoms with Crippen molar-refractivity contribution in [2.24, 2.45) is 12.5 Å². The van der Waals surface area contributed by atoms with E-state index < -0.39 is 11.3 Å². The molecule has 11 heteroatoms. The van der Waals surface area contributed by atoms with Crippen molar-refractivity contribution in [2.45, 2.75) is 18.8 Å². The summed E-state index contributed by atoms with van der Waals surface area (Å²) in [5.41, 5.74) is 8.08. The maximum Gasteiger partial charge on any atom is 0.256 e. The van der Waals surface area contributed by atoms with Gasteiger partial charge in [-0.1, -0.05) is 12.1 Å². The molecule has 35 heavy (non-hydrogen) atoms. The first-order valence-electron chi connectivity index (χ1n) is 11.3. The summed E-state index contributed by atoms with van der Waals surface area (Å²) in [7, 11) is 1.80. The van der Waals surface area contributed by atoms with E-state index in [1.807, 2.05) is 41.3 Å². The van der Waals surface area contributed by atoms with Gasteiger partial charge in [-0.15, -0.1) is 5.10 Å². The molecule has 6 rings (SSSR count). The number of aryl methyl sites for hydroxylation is 1. The number of alkyl halides is 2. The lowest BCUT2D eigenvalue weighted by Gasteiger charge is -2.17. The summed E-state index contributed by atoms with van der Waals surface area (Å²) in [6, 6.07) is 13.2. The van der Waals surface area contributed by atoms with Gasteiger partial charge in [0, 0.05) is 55.8 Å². The van der Waals surface area contributed by atoms with Crippen LogP contribution in [0.4, 0.5) is 32.2 Å². The molecule has 1 spiro atoms. The molecule has 2 aliphatic rings. The number of nitrogen functional groups attached to an aromatic ring is 1. The fourth-order valence-electron chi connectivity index (χ4n) is 4.60. The molecule has 178 valence electrons. The maximum atomic E-state index is 13.7. The Balaban J connectivity index is 1.15. The minimum Gasteiger partial charge on any atom is -0.368 e. The molecule has 1 saturated carbocycles. The number of nitrogens with one attached hydrogen (secondary N) is 1. The van der Waals surface area contributed by atoms with E-state index in [9.17, 15) is 8.78 Å².